The Morgan fingerprint density at radius 1 is 0.294 bits per heavy atom. The summed E-state index contributed by atoms with van der Waals surface area (Å²) in [5.41, 5.74) is 7.62. The van der Waals surface area contributed by atoms with Crippen LogP contribution in [0.1, 0.15) is 0 Å². The molecule has 0 N–H and O–H groups in total. The Morgan fingerprint density at radius 2 is 0.824 bits per heavy atom. The van der Waals surface area contributed by atoms with E-state index in [0.717, 1.165) is 0 Å². The minimum Gasteiger partial charge on any atom is -0.135 e. The standard InChI is InChI=1S/C50H30S/c1-2-13-31(14-3-1)43-29-34-26-25-32-15-4-6-17-35(32)44(34)30-45(43)48-39-21-10-8-19-37(39)47(38-20-9-11-22-40(38)48)41-23-12-24-42-49-36-18-7-5-16-33(36)27-28-46(49)51-50(41)42/h1-30H. The lowest BCUT2D eigenvalue weighted by atomic mass is 9.82. The summed E-state index contributed by atoms with van der Waals surface area (Å²) >= 11 is 1.92. The molecule has 0 amide bonds. The van der Waals surface area contributed by atoms with Crippen LogP contribution in [0.25, 0.3) is 107 Å². The van der Waals surface area contributed by atoms with Gasteiger partial charge < -0.3 is 0 Å². The lowest BCUT2D eigenvalue weighted by Gasteiger charge is -2.21. The topological polar surface area (TPSA) is 0 Å². The van der Waals surface area contributed by atoms with Gasteiger partial charge in [-0.1, -0.05) is 164 Å². The zero-order valence-corrected chi connectivity index (χ0v) is 28.5. The van der Waals surface area contributed by atoms with Crippen molar-refractivity contribution in [1.29, 1.82) is 0 Å². The number of hydrogen-bond acceptors (Lipinski definition) is 1. The molecule has 0 aliphatic carbocycles. The first-order valence-corrected chi connectivity index (χ1v) is 18.4. The maximum atomic E-state index is 2.46. The fourth-order valence-electron chi connectivity index (χ4n) is 8.59. The van der Waals surface area contributed by atoms with Gasteiger partial charge in [0.05, 0.1) is 0 Å². The molecule has 0 aliphatic heterocycles. The fraction of sp³-hybridized carbons (Fsp3) is 0. The van der Waals surface area contributed by atoms with Gasteiger partial charge in [-0.05, 0) is 99.9 Å². The highest BCUT2D eigenvalue weighted by atomic mass is 32.1. The first-order valence-electron chi connectivity index (χ1n) is 17.6. The van der Waals surface area contributed by atoms with Crippen LogP contribution in [0.15, 0.2) is 182 Å². The molecule has 0 spiro atoms. The van der Waals surface area contributed by atoms with E-state index in [2.05, 4.69) is 182 Å². The maximum Gasteiger partial charge on any atom is 0.0434 e. The smallest absolute Gasteiger partial charge is 0.0434 e. The summed E-state index contributed by atoms with van der Waals surface area (Å²) in [6, 6.07) is 67.5. The van der Waals surface area contributed by atoms with Crippen molar-refractivity contribution in [2.45, 2.75) is 0 Å². The molecule has 0 saturated carbocycles. The molecule has 0 nitrogen and oxygen atoms in total. The predicted molar refractivity (Wildman–Crippen MR) is 223 cm³/mol. The SMILES string of the molecule is c1ccc(-c2cc3ccc4ccccc4c3cc2-c2c3ccccc3c(-c3cccc4c3sc3ccc5ccccc5c34)c3ccccc23)cc1. The summed E-state index contributed by atoms with van der Waals surface area (Å²) in [6.45, 7) is 0. The van der Waals surface area contributed by atoms with Crippen molar-refractivity contribution in [3.05, 3.63) is 182 Å². The van der Waals surface area contributed by atoms with Gasteiger partial charge in [0.1, 0.15) is 0 Å². The molecule has 0 bridgehead atoms. The minimum atomic E-state index is 1.22. The van der Waals surface area contributed by atoms with E-state index in [1.165, 1.54) is 107 Å². The third-order valence-corrected chi connectivity index (χ3v) is 12.0. The van der Waals surface area contributed by atoms with E-state index in [1.807, 2.05) is 11.3 Å². The Kier molecular flexibility index (Phi) is 6.22. The molecule has 0 fully saturated rings. The van der Waals surface area contributed by atoms with Crippen molar-refractivity contribution in [2.24, 2.45) is 0 Å². The fourth-order valence-corrected chi connectivity index (χ4v) is 9.83. The Bertz CT molecular complexity index is 3130. The average molecular weight is 663 g/mol. The zero-order valence-electron chi connectivity index (χ0n) is 27.7. The molecule has 0 atom stereocenters. The highest BCUT2D eigenvalue weighted by Gasteiger charge is 2.22. The van der Waals surface area contributed by atoms with Crippen LogP contribution in [0.4, 0.5) is 0 Å². The van der Waals surface area contributed by atoms with E-state index in [-0.39, 0.29) is 0 Å². The quantitative estimate of drug-likeness (QED) is 0.130. The normalized spacial score (nSPS) is 11.9. The summed E-state index contributed by atoms with van der Waals surface area (Å²) in [5, 5.41) is 15.5. The Labute approximate surface area is 299 Å². The van der Waals surface area contributed by atoms with E-state index in [9.17, 15) is 0 Å². The third-order valence-electron chi connectivity index (χ3n) is 10.8. The minimum absolute atomic E-state index is 1.22. The second-order valence-electron chi connectivity index (χ2n) is 13.6. The molecule has 0 unspecified atom stereocenters. The zero-order chi connectivity index (χ0) is 33.5. The molecule has 0 saturated heterocycles. The highest BCUT2D eigenvalue weighted by molar-refractivity contribution is 7.26. The Hall–Kier alpha value is -6.28. The van der Waals surface area contributed by atoms with Crippen LogP contribution in [0.5, 0.6) is 0 Å². The van der Waals surface area contributed by atoms with E-state index in [4.69, 9.17) is 0 Å². The van der Waals surface area contributed by atoms with Gasteiger partial charge in [-0.3, -0.25) is 0 Å². The number of rotatable bonds is 3. The van der Waals surface area contributed by atoms with Crippen molar-refractivity contribution in [2.75, 3.05) is 0 Å². The lowest BCUT2D eigenvalue weighted by molar-refractivity contribution is 1.63. The lowest BCUT2D eigenvalue weighted by Crippen LogP contribution is -1.93. The summed E-state index contributed by atoms with van der Waals surface area (Å²) in [5.74, 6) is 0. The van der Waals surface area contributed by atoms with Crippen molar-refractivity contribution in [3.63, 3.8) is 0 Å². The van der Waals surface area contributed by atoms with Gasteiger partial charge in [-0.15, -0.1) is 11.3 Å². The number of hydrogen-bond donors (Lipinski definition) is 0. The Morgan fingerprint density at radius 3 is 1.53 bits per heavy atom. The summed E-state index contributed by atoms with van der Waals surface area (Å²) in [7, 11) is 0. The first-order chi connectivity index (χ1) is 25.3. The van der Waals surface area contributed by atoms with Gasteiger partial charge in [-0.2, -0.15) is 0 Å². The molecule has 1 aromatic heterocycles. The van der Waals surface area contributed by atoms with Gasteiger partial charge in [0, 0.05) is 25.7 Å². The number of benzene rings is 10. The van der Waals surface area contributed by atoms with Gasteiger partial charge in [0.2, 0.25) is 0 Å². The largest absolute Gasteiger partial charge is 0.135 e. The van der Waals surface area contributed by atoms with Crippen LogP contribution >= 0.6 is 11.3 Å². The Balaban J connectivity index is 1.29. The van der Waals surface area contributed by atoms with Crippen molar-refractivity contribution >= 4 is 85.4 Å². The maximum absolute atomic E-state index is 2.46. The monoisotopic (exact) mass is 662 g/mol. The molecule has 0 aliphatic rings. The van der Waals surface area contributed by atoms with Crippen molar-refractivity contribution in [3.8, 4) is 33.4 Å². The molecule has 10 aromatic carbocycles. The van der Waals surface area contributed by atoms with Crippen LogP contribution in [-0.4, -0.2) is 0 Å². The van der Waals surface area contributed by atoms with Gasteiger partial charge in [0.25, 0.3) is 0 Å². The first kappa shape index (κ1) is 28.5. The van der Waals surface area contributed by atoms with Crippen molar-refractivity contribution < 1.29 is 0 Å². The second kappa shape index (κ2) is 11.1. The van der Waals surface area contributed by atoms with Crippen LogP contribution < -0.4 is 0 Å². The summed E-state index contributed by atoms with van der Waals surface area (Å²) < 4.78 is 2.67. The molecule has 51 heavy (non-hydrogen) atoms. The summed E-state index contributed by atoms with van der Waals surface area (Å²) in [6.07, 6.45) is 0. The van der Waals surface area contributed by atoms with Crippen molar-refractivity contribution in [1.82, 2.24) is 0 Å². The van der Waals surface area contributed by atoms with E-state index < -0.39 is 0 Å². The molecule has 1 heteroatoms. The third kappa shape index (κ3) is 4.26. The predicted octanol–water partition coefficient (Wildman–Crippen LogP) is 14.8. The molecular formula is C50H30S. The molecular weight excluding hydrogens is 633 g/mol. The number of thiophene rings is 1. The highest BCUT2D eigenvalue weighted by Crippen LogP contribution is 2.50. The molecule has 0 radical (unpaired) electrons. The van der Waals surface area contributed by atoms with E-state index in [1.54, 1.807) is 0 Å². The average Bonchev–Trinajstić information content (AvgIpc) is 3.60. The van der Waals surface area contributed by atoms with Gasteiger partial charge in [-0.25, -0.2) is 0 Å². The van der Waals surface area contributed by atoms with Crippen LogP contribution in [0.3, 0.4) is 0 Å². The van der Waals surface area contributed by atoms with E-state index in [0.29, 0.717) is 0 Å². The number of fused-ring (bicyclic) bond motifs is 10. The summed E-state index contributed by atoms with van der Waals surface area (Å²) in [4.78, 5) is 0. The molecule has 236 valence electrons. The van der Waals surface area contributed by atoms with Crippen LogP contribution in [-0.2, 0) is 0 Å². The van der Waals surface area contributed by atoms with Gasteiger partial charge >= 0.3 is 0 Å². The molecule has 11 rings (SSSR count). The van der Waals surface area contributed by atoms with E-state index >= 15 is 0 Å². The van der Waals surface area contributed by atoms with Gasteiger partial charge in [0.15, 0.2) is 0 Å². The van der Waals surface area contributed by atoms with Crippen LogP contribution in [0.2, 0.25) is 0 Å². The van der Waals surface area contributed by atoms with Crippen LogP contribution in [0, 0.1) is 0 Å². The molecule has 1 heterocycles. The second-order valence-corrected chi connectivity index (χ2v) is 14.6. The molecule has 11 aromatic rings.